The van der Waals surface area contributed by atoms with E-state index in [1.54, 1.807) is 26.1 Å². The third kappa shape index (κ3) is 6.83. The van der Waals surface area contributed by atoms with Gasteiger partial charge in [0, 0.05) is 7.05 Å². The van der Waals surface area contributed by atoms with Gasteiger partial charge in [-0.1, -0.05) is 12.1 Å². The van der Waals surface area contributed by atoms with E-state index in [1.165, 1.54) is 4.68 Å². The maximum Gasteiger partial charge on any atom is 0.407 e. The minimum Gasteiger partial charge on any atom is -0.489 e. The van der Waals surface area contributed by atoms with E-state index in [9.17, 15) is 27.9 Å². The first-order valence-electron chi connectivity index (χ1n) is 11.2. The number of carbonyl (C=O) groups excluding carboxylic acids is 1. The molecular formula is C22H28F3N5O5. The lowest BCUT2D eigenvalue weighted by atomic mass is 9.87. The summed E-state index contributed by atoms with van der Waals surface area (Å²) in [6.07, 6.45) is -3.03. The normalized spacial score (nSPS) is 19.1. The van der Waals surface area contributed by atoms with Crippen molar-refractivity contribution in [1.29, 1.82) is 0 Å². The number of carboxylic acids is 1. The van der Waals surface area contributed by atoms with Crippen molar-refractivity contribution in [3.05, 3.63) is 23.5 Å². The van der Waals surface area contributed by atoms with E-state index in [-0.39, 0.29) is 12.6 Å². The Morgan fingerprint density at radius 1 is 1.31 bits per heavy atom. The van der Waals surface area contributed by atoms with Crippen LogP contribution < -0.4 is 10.1 Å². The average molecular weight is 499 g/mol. The SMILES string of the molecule is Cc1nc(-c2nnn(C)c2CNC(=O)OCC(C)C(F)(F)F)ccc1O[C@H]1CCC[C@H](C(=O)O)C1. The van der Waals surface area contributed by atoms with E-state index < -0.39 is 36.7 Å². The second kappa shape index (κ2) is 10.9. The Bertz CT molecular complexity index is 1060. The third-order valence-corrected chi connectivity index (χ3v) is 5.92. The largest absolute Gasteiger partial charge is 0.489 e. The molecule has 10 nitrogen and oxygen atoms in total. The highest BCUT2D eigenvalue weighted by molar-refractivity contribution is 5.70. The van der Waals surface area contributed by atoms with Crippen LogP contribution in [0.3, 0.4) is 0 Å². The number of carboxylic acid groups (broad SMARTS) is 1. The van der Waals surface area contributed by atoms with Crippen LogP contribution in [-0.4, -0.2) is 56.0 Å². The van der Waals surface area contributed by atoms with Crippen LogP contribution in [-0.2, 0) is 23.1 Å². The van der Waals surface area contributed by atoms with E-state index >= 15 is 0 Å². The maximum atomic E-state index is 12.6. The van der Waals surface area contributed by atoms with Crippen molar-refractivity contribution in [1.82, 2.24) is 25.3 Å². The van der Waals surface area contributed by atoms with Crippen molar-refractivity contribution < 1.29 is 37.3 Å². The van der Waals surface area contributed by atoms with E-state index in [1.807, 2.05) is 0 Å². The fourth-order valence-corrected chi connectivity index (χ4v) is 3.74. The van der Waals surface area contributed by atoms with Gasteiger partial charge in [-0.05, 0) is 44.7 Å². The second-order valence-electron chi connectivity index (χ2n) is 8.62. The van der Waals surface area contributed by atoms with Crippen LogP contribution in [0.2, 0.25) is 0 Å². The maximum absolute atomic E-state index is 12.6. The number of aliphatic carboxylic acids is 1. The molecule has 35 heavy (non-hydrogen) atoms. The Balaban J connectivity index is 1.64. The van der Waals surface area contributed by atoms with Crippen molar-refractivity contribution >= 4 is 12.1 Å². The Morgan fingerprint density at radius 2 is 2.06 bits per heavy atom. The molecule has 0 saturated heterocycles. The van der Waals surface area contributed by atoms with Gasteiger partial charge in [0.15, 0.2) is 0 Å². The summed E-state index contributed by atoms with van der Waals surface area (Å²) in [5.74, 6) is -2.47. The number of aromatic nitrogens is 4. The number of aryl methyl sites for hydroxylation is 2. The molecule has 192 valence electrons. The molecule has 2 aromatic rings. The molecule has 3 atom stereocenters. The molecule has 0 spiro atoms. The number of nitrogens with one attached hydrogen (secondary N) is 1. The number of ether oxygens (including phenoxy) is 2. The standard InChI is InChI=1S/C22H28F3N5O5/c1-12(22(23,24)25)11-34-21(33)26-10-17-19(28-29-30(17)3)16-7-8-18(13(2)27-16)35-15-6-4-5-14(9-15)20(31)32/h7-8,12,14-15H,4-6,9-11H2,1-3H3,(H,26,33)(H,31,32)/t12?,14-,15-/m0/s1. The summed E-state index contributed by atoms with van der Waals surface area (Å²) in [5, 5.41) is 19.7. The monoisotopic (exact) mass is 499 g/mol. The average Bonchev–Trinajstić information content (AvgIpc) is 3.17. The first-order chi connectivity index (χ1) is 16.5. The zero-order valence-corrected chi connectivity index (χ0v) is 19.6. The molecule has 0 aromatic carbocycles. The number of hydrogen-bond donors (Lipinski definition) is 2. The van der Waals surface area contributed by atoms with E-state index in [0.717, 1.165) is 19.8 Å². The summed E-state index contributed by atoms with van der Waals surface area (Å²) in [6.45, 7) is 1.80. The number of alkyl halides is 3. The van der Waals surface area contributed by atoms with E-state index in [4.69, 9.17) is 4.74 Å². The van der Waals surface area contributed by atoms with Gasteiger partial charge in [-0.2, -0.15) is 13.2 Å². The summed E-state index contributed by atoms with van der Waals surface area (Å²) in [7, 11) is 1.61. The smallest absolute Gasteiger partial charge is 0.407 e. The number of pyridine rings is 1. The molecule has 1 unspecified atom stereocenters. The lowest BCUT2D eigenvalue weighted by Crippen LogP contribution is -2.30. The van der Waals surface area contributed by atoms with Crippen LogP contribution in [0.25, 0.3) is 11.4 Å². The molecule has 1 saturated carbocycles. The number of rotatable bonds is 8. The first kappa shape index (κ1) is 26.2. The highest BCUT2D eigenvalue weighted by atomic mass is 19.4. The molecule has 1 amide bonds. The van der Waals surface area contributed by atoms with Gasteiger partial charge in [0.2, 0.25) is 0 Å². The number of amides is 1. The van der Waals surface area contributed by atoms with Gasteiger partial charge >= 0.3 is 18.2 Å². The molecule has 13 heteroatoms. The lowest BCUT2D eigenvalue weighted by Gasteiger charge is -2.27. The van der Waals surface area contributed by atoms with Crippen LogP contribution in [0.1, 0.15) is 44.0 Å². The fraction of sp³-hybridized carbons (Fsp3) is 0.591. The summed E-state index contributed by atoms with van der Waals surface area (Å²) in [4.78, 5) is 27.7. The summed E-state index contributed by atoms with van der Waals surface area (Å²) >= 11 is 0. The number of halogens is 3. The van der Waals surface area contributed by atoms with Crippen LogP contribution in [0.4, 0.5) is 18.0 Å². The zero-order chi connectivity index (χ0) is 25.8. The number of carbonyl (C=O) groups is 2. The van der Waals surface area contributed by atoms with Crippen LogP contribution >= 0.6 is 0 Å². The van der Waals surface area contributed by atoms with Gasteiger partial charge in [-0.3, -0.25) is 4.79 Å². The van der Waals surface area contributed by atoms with Crippen molar-refractivity contribution in [2.75, 3.05) is 6.61 Å². The lowest BCUT2D eigenvalue weighted by molar-refractivity contribution is -0.178. The Labute approximate surface area is 199 Å². The Hall–Kier alpha value is -3.38. The highest BCUT2D eigenvalue weighted by Gasteiger charge is 2.36. The minimum absolute atomic E-state index is 0.0876. The highest BCUT2D eigenvalue weighted by Crippen LogP contribution is 2.30. The van der Waals surface area contributed by atoms with Gasteiger partial charge in [0.25, 0.3) is 0 Å². The molecule has 3 rings (SSSR count). The van der Waals surface area contributed by atoms with Crippen LogP contribution in [0.5, 0.6) is 5.75 Å². The zero-order valence-electron chi connectivity index (χ0n) is 19.6. The van der Waals surface area contributed by atoms with Crippen molar-refractivity contribution in [2.45, 2.75) is 58.4 Å². The minimum atomic E-state index is -4.45. The quantitative estimate of drug-likeness (QED) is 0.564. The third-order valence-electron chi connectivity index (χ3n) is 5.92. The molecule has 2 aromatic heterocycles. The second-order valence-corrected chi connectivity index (χ2v) is 8.62. The molecule has 1 aliphatic rings. The molecule has 1 fully saturated rings. The van der Waals surface area contributed by atoms with E-state index in [0.29, 0.717) is 41.4 Å². The van der Waals surface area contributed by atoms with Gasteiger partial charge in [-0.25, -0.2) is 14.5 Å². The molecule has 2 N–H and O–H groups in total. The molecule has 2 heterocycles. The summed E-state index contributed by atoms with van der Waals surface area (Å²) in [5.41, 5.74) is 1.90. The molecule has 1 aliphatic carbocycles. The van der Waals surface area contributed by atoms with Gasteiger partial charge in [-0.15, -0.1) is 5.10 Å². The predicted molar refractivity (Wildman–Crippen MR) is 116 cm³/mol. The van der Waals surface area contributed by atoms with Crippen molar-refractivity contribution in [3.63, 3.8) is 0 Å². The first-order valence-corrected chi connectivity index (χ1v) is 11.2. The van der Waals surface area contributed by atoms with Crippen molar-refractivity contribution in [2.24, 2.45) is 18.9 Å². The molecule has 0 aliphatic heterocycles. The Kier molecular flexibility index (Phi) is 8.18. The molecule has 0 radical (unpaired) electrons. The van der Waals surface area contributed by atoms with Crippen molar-refractivity contribution in [3.8, 4) is 17.1 Å². The summed E-state index contributed by atoms with van der Waals surface area (Å²) < 4.78 is 49.8. The van der Waals surface area contributed by atoms with E-state index in [2.05, 4.69) is 25.3 Å². The van der Waals surface area contributed by atoms with Gasteiger partial charge in [0.05, 0.1) is 41.6 Å². The fourth-order valence-electron chi connectivity index (χ4n) is 3.74. The number of hydrogen-bond acceptors (Lipinski definition) is 7. The molecule has 0 bridgehead atoms. The van der Waals surface area contributed by atoms with Crippen LogP contribution in [0.15, 0.2) is 12.1 Å². The van der Waals surface area contributed by atoms with Gasteiger partial charge in [0.1, 0.15) is 18.1 Å². The van der Waals surface area contributed by atoms with Gasteiger partial charge < -0.3 is 19.9 Å². The predicted octanol–water partition coefficient (Wildman–Crippen LogP) is 3.63. The Morgan fingerprint density at radius 3 is 2.71 bits per heavy atom. The van der Waals surface area contributed by atoms with Crippen LogP contribution in [0, 0.1) is 18.8 Å². The molecular weight excluding hydrogens is 471 g/mol. The summed E-state index contributed by atoms with van der Waals surface area (Å²) in [6, 6.07) is 3.40. The number of nitrogens with zero attached hydrogens (tertiary/aromatic N) is 4. The topological polar surface area (TPSA) is 128 Å². The number of alkyl carbamates (subject to hydrolysis) is 1.